The number of carbonyl (C=O) groups excluding carboxylic acids is 2. The van der Waals surface area contributed by atoms with Crippen LogP contribution in [0.3, 0.4) is 0 Å². The van der Waals surface area contributed by atoms with E-state index >= 15 is 0 Å². The molecule has 1 aliphatic carbocycles. The second-order valence-electron chi connectivity index (χ2n) is 6.67. The van der Waals surface area contributed by atoms with E-state index in [1.807, 2.05) is 12.1 Å². The highest BCUT2D eigenvalue weighted by atomic mass is 32.1. The van der Waals surface area contributed by atoms with E-state index in [9.17, 15) is 9.59 Å². The molecular weight excluding hydrogens is 350 g/mol. The van der Waals surface area contributed by atoms with Crippen LogP contribution in [0.5, 0.6) is 5.75 Å². The Morgan fingerprint density at radius 2 is 2.00 bits per heavy atom. The number of nitrogens with one attached hydrogen (secondary N) is 1. The molecule has 0 aliphatic heterocycles. The van der Waals surface area contributed by atoms with Gasteiger partial charge < -0.3 is 9.64 Å². The van der Waals surface area contributed by atoms with Gasteiger partial charge in [0.05, 0.1) is 5.69 Å². The molecule has 7 heteroatoms. The summed E-state index contributed by atoms with van der Waals surface area (Å²) >= 11 is 1.17. The van der Waals surface area contributed by atoms with E-state index < -0.39 is 6.10 Å². The number of benzene rings is 1. The van der Waals surface area contributed by atoms with Gasteiger partial charge in [0.1, 0.15) is 10.6 Å². The molecule has 1 atom stereocenters. The average Bonchev–Trinajstić information content (AvgIpc) is 3.19. The number of carbonyl (C=O) groups is 2. The highest BCUT2D eigenvalue weighted by Crippen LogP contribution is 2.27. The molecule has 0 radical (unpaired) electrons. The molecule has 1 N–H and O–H groups in total. The van der Waals surface area contributed by atoms with Crippen molar-refractivity contribution in [1.82, 2.24) is 9.88 Å². The highest BCUT2D eigenvalue weighted by Gasteiger charge is 2.21. The van der Waals surface area contributed by atoms with Gasteiger partial charge in [-0.25, -0.2) is 4.98 Å². The second kappa shape index (κ2) is 7.45. The third-order valence-electron chi connectivity index (χ3n) is 4.38. The first-order chi connectivity index (χ1) is 12.3. The first-order valence-corrected chi connectivity index (χ1v) is 9.45. The quantitative estimate of drug-likeness (QED) is 0.874. The summed E-state index contributed by atoms with van der Waals surface area (Å²) in [5.41, 5.74) is 3.28. The zero-order valence-corrected chi connectivity index (χ0v) is 16.3. The van der Waals surface area contributed by atoms with Gasteiger partial charge in [-0.1, -0.05) is 17.4 Å². The number of fused-ring (bicyclic) bond motifs is 1. The minimum Gasteiger partial charge on any atom is -0.481 e. The van der Waals surface area contributed by atoms with Crippen molar-refractivity contribution in [2.45, 2.75) is 39.2 Å². The lowest BCUT2D eigenvalue weighted by molar-refractivity contribution is -0.122. The number of thiazole rings is 1. The summed E-state index contributed by atoms with van der Waals surface area (Å²) in [6.07, 6.45) is 2.69. The largest absolute Gasteiger partial charge is 0.481 e. The van der Waals surface area contributed by atoms with Crippen LogP contribution in [0.1, 0.15) is 39.8 Å². The van der Waals surface area contributed by atoms with Crippen molar-refractivity contribution in [1.29, 1.82) is 0 Å². The van der Waals surface area contributed by atoms with Crippen molar-refractivity contribution in [2.24, 2.45) is 0 Å². The van der Waals surface area contributed by atoms with Gasteiger partial charge in [-0.15, -0.1) is 0 Å². The first-order valence-electron chi connectivity index (χ1n) is 8.63. The summed E-state index contributed by atoms with van der Waals surface area (Å²) in [7, 11) is 3.37. The van der Waals surface area contributed by atoms with Crippen molar-refractivity contribution in [3.8, 4) is 5.75 Å². The zero-order valence-electron chi connectivity index (χ0n) is 15.5. The number of aryl methyl sites for hydroxylation is 3. The predicted octanol–water partition coefficient (Wildman–Crippen LogP) is 3.05. The molecule has 2 aromatic rings. The summed E-state index contributed by atoms with van der Waals surface area (Å²) < 4.78 is 5.79. The number of hydrogen-bond acceptors (Lipinski definition) is 5. The summed E-state index contributed by atoms with van der Waals surface area (Å²) in [5, 5.41) is 3.15. The molecule has 1 aliphatic rings. The third-order valence-corrected chi connectivity index (χ3v) is 5.44. The molecule has 1 heterocycles. The van der Waals surface area contributed by atoms with E-state index in [4.69, 9.17) is 4.74 Å². The Balaban J connectivity index is 1.64. The van der Waals surface area contributed by atoms with Gasteiger partial charge in [0, 0.05) is 14.1 Å². The van der Waals surface area contributed by atoms with Gasteiger partial charge in [-0.3, -0.25) is 14.9 Å². The maximum absolute atomic E-state index is 12.4. The van der Waals surface area contributed by atoms with Crippen molar-refractivity contribution in [3.05, 3.63) is 39.9 Å². The molecule has 6 nitrogen and oxygen atoms in total. The minimum atomic E-state index is -0.661. The van der Waals surface area contributed by atoms with Crippen LogP contribution >= 0.6 is 11.3 Å². The van der Waals surface area contributed by atoms with Crippen molar-refractivity contribution < 1.29 is 14.3 Å². The predicted molar refractivity (Wildman–Crippen MR) is 102 cm³/mol. The standard InChI is InChI=1S/C19H23N3O3S/c1-11-16(18(24)22(3)4)26-19(20-11)21-17(23)12(2)25-15-9-8-13-6-5-7-14(13)10-15/h8-10,12H,5-7H2,1-4H3,(H,20,21,23). The molecule has 0 saturated carbocycles. The lowest BCUT2D eigenvalue weighted by atomic mass is 10.1. The van der Waals surface area contributed by atoms with Crippen LogP contribution in [0.2, 0.25) is 0 Å². The fraction of sp³-hybridized carbons (Fsp3) is 0.421. The van der Waals surface area contributed by atoms with E-state index in [0.29, 0.717) is 21.5 Å². The van der Waals surface area contributed by atoms with Crippen molar-refractivity contribution >= 4 is 28.3 Å². The normalized spacial score (nSPS) is 13.8. The Morgan fingerprint density at radius 3 is 2.73 bits per heavy atom. The maximum atomic E-state index is 12.4. The van der Waals surface area contributed by atoms with Gasteiger partial charge in [0.2, 0.25) is 0 Å². The molecule has 26 heavy (non-hydrogen) atoms. The number of rotatable bonds is 5. The molecule has 1 aromatic heterocycles. The van der Waals surface area contributed by atoms with Gasteiger partial charge >= 0.3 is 0 Å². The maximum Gasteiger partial charge on any atom is 0.266 e. The van der Waals surface area contributed by atoms with Gasteiger partial charge in [-0.05, 0) is 56.4 Å². The Bertz CT molecular complexity index is 845. The molecule has 0 fully saturated rings. The molecule has 0 bridgehead atoms. The van der Waals surface area contributed by atoms with E-state index in [2.05, 4.69) is 16.4 Å². The Morgan fingerprint density at radius 1 is 1.27 bits per heavy atom. The molecule has 0 spiro atoms. The molecule has 1 unspecified atom stereocenters. The van der Waals surface area contributed by atoms with Crippen molar-refractivity contribution in [3.63, 3.8) is 0 Å². The molecule has 0 saturated heterocycles. The van der Waals surface area contributed by atoms with Gasteiger partial charge in [-0.2, -0.15) is 0 Å². The topological polar surface area (TPSA) is 71.5 Å². The summed E-state index contributed by atoms with van der Waals surface area (Å²) in [5.74, 6) is 0.290. The average molecular weight is 373 g/mol. The van der Waals surface area contributed by atoms with Gasteiger partial charge in [0.15, 0.2) is 11.2 Å². The monoisotopic (exact) mass is 373 g/mol. The fourth-order valence-corrected chi connectivity index (χ4v) is 3.93. The van der Waals surface area contributed by atoms with E-state index in [0.717, 1.165) is 12.8 Å². The zero-order chi connectivity index (χ0) is 18.8. The number of hydrogen-bond donors (Lipinski definition) is 1. The highest BCUT2D eigenvalue weighted by molar-refractivity contribution is 7.17. The summed E-state index contributed by atoms with van der Waals surface area (Å²) in [6.45, 7) is 3.46. The molecular formula is C19H23N3O3S. The lowest BCUT2D eigenvalue weighted by Crippen LogP contribution is -2.30. The minimum absolute atomic E-state index is 0.122. The van der Waals surface area contributed by atoms with E-state index in [1.165, 1.54) is 33.8 Å². The number of aromatic nitrogens is 1. The van der Waals surface area contributed by atoms with Crippen LogP contribution in [0.25, 0.3) is 0 Å². The Labute approximate surface area is 157 Å². The van der Waals surface area contributed by atoms with E-state index in [1.54, 1.807) is 27.9 Å². The third kappa shape index (κ3) is 3.88. The molecule has 138 valence electrons. The van der Waals surface area contributed by atoms with Crippen LogP contribution in [-0.4, -0.2) is 41.9 Å². The number of anilines is 1. The van der Waals surface area contributed by atoms with Crippen LogP contribution in [0, 0.1) is 6.92 Å². The molecule has 3 rings (SSSR count). The number of nitrogens with zero attached hydrogens (tertiary/aromatic N) is 2. The summed E-state index contributed by atoms with van der Waals surface area (Å²) in [6, 6.07) is 6.01. The van der Waals surface area contributed by atoms with Gasteiger partial charge in [0.25, 0.3) is 11.8 Å². The molecule has 1 aromatic carbocycles. The first kappa shape index (κ1) is 18.4. The Kier molecular flexibility index (Phi) is 5.27. The summed E-state index contributed by atoms with van der Waals surface area (Å²) in [4.78, 5) is 30.8. The lowest BCUT2D eigenvalue weighted by Gasteiger charge is -2.14. The van der Waals surface area contributed by atoms with Crippen LogP contribution < -0.4 is 10.1 Å². The fourth-order valence-electron chi connectivity index (χ4n) is 2.94. The SMILES string of the molecule is Cc1nc(NC(=O)C(C)Oc2ccc3c(c2)CCC3)sc1C(=O)N(C)C. The number of amides is 2. The van der Waals surface area contributed by atoms with E-state index in [-0.39, 0.29) is 11.8 Å². The second-order valence-corrected chi connectivity index (χ2v) is 7.67. The van der Waals surface area contributed by atoms with Crippen LogP contribution in [-0.2, 0) is 17.6 Å². The number of ether oxygens (including phenoxy) is 1. The Hall–Kier alpha value is -2.41. The van der Waals surface area contributed by atoms with Crippen molar-refractivity contribution in [2.75, 3.05) is 19.4 Å². The van der Waals surface area contributed by atoms with Crippen LogP contribution in [0.4, 0.5) is 5.13 Å². The smallest absolute Gasteiger partial charge is 0.266 e. The van der Waals surface area contributed by atoms with Crippen LogP contribution in [0.15, 0.2) is 18.2 Å². The molecule has 2 amide bonds.